The summed E-state index contributed by atoms with van der Waals surface area (Å²) >= 11 is 6.18. The van der Waals surface area contributed by atoms with Crippen LogP contribution in [0.2, 0.25) is 5.02 Å². The highest BCUT2D eigenvalue weighted by atomic mass is 35.5. The number of halogens is 1. The number of benzene rings is 3. The molecule has 0 bridgehead atoms. The Kier molecular flexibility index (Phi) is 5.42. The Bertz CT molecular complexity index is 1240. The molecule has 1 heterocycles. The highest BCUT2D eigenvalue weighted by Crippen LogP contribution is 2.36. The Morgan fingerprint density at radius 3 is 2.10 bits per heavy atom. The van der Waals surface area contributed by atoms with Gasteiger partial charge in [-0.1, -0.05) is 65.2 Å². The second-order valence-corrected chi connectivity index (χ2v) is 8.37. The summed E-state index contributed by atoms with van der Waals surface area (Å²) in [6.07, 6.45) is 0. The molecule has 3 aromatic carbocycles. The average Bonchev–Trinajstić information content (AvgIpc) is 2.96. The van der Waals surface area contributed by atoms with E-state index in [0.29, 0.717) is 21.8 Å². The predicted octanol–water partition coefficient (Wildman–Crippen LogP) is 5.97. The highest BCUT2D eigenvalue weighted by Gasteiger charge is 2.41. The van der Waals surface area contributed by atoms with Crippen molar-refractivity contribution in [3.05, 3.63) is 99.2 Å². The summed E-state index contributed by atoms with van der Waals surface area (Å²) in [7, 11) is 0. The number of anilines is 2. The summed E-state index contributed by atoms with van der Waals surface area (Å²) in [5.74, 6) is -0.766. The molecule has 0 fully saturated rings. The summed E-state index contributed by atoms with van der Waals surface area (Å²) in [4.78, 5) is 28.3. The van der Waals surface area contributed by atoms with E-state index in [9.17, 15) is 9.59 Å². The largest absolute Gasteiger partial charge is 0.350 e. The van der Waals surface area contributed by atoms with Crippen LogP contribution < -0.4 is 10.2 Å². The van der Waals surface area contributed by atoms with Crippen molar-refractivity contribution in [2.45, 2.75) is 27.7 Å². The molecule has 1 aliphatic heterocycles. The second-order valence-electron chi connectivity index (χ2n) is 7.94. The van der Waals surface area contributed by atoms with Gasteiger partial charge in [-0.05, 0) is 62.6 Å². The Morgan fingerprint density at radius 1 is 0.742 bits per heavy atom. The number of aryl methyl sites for hydroxylation is 4. The first-order valence-electron chi connectivity index (χ1n) is 10.1. The van der Waals surface area contributed by atoms with Crippen molar-refractivity contribution in [2.24, 2.45) is 0 Å². The van der Waals surface area contributed by atoms with Crippen LogP contribution in [0.15, 0.2) is 66.4 Å². The van der Waals surface area contributed by atoms with E-state index in [1.807, 2.05) is 70.2 Å². The van der Waals surface area contributed by atoms with Gasteiger partial charge < -0.3 is 5.32 Å². The Labute approximate surface area is 187 Å². The number of carbonyl (C=O) groups excluding carboxylic acids is 2. The topological polar surface area (TPSA) is 49.4 Å². The number of nitrogens with one attached hydrogen (secondary N) is 1. The van der Waals surface area contributed by atoms with Gasteiger partial charge in [-0.15, -0.1) is 0 Å². The summed E-state index contributed by atoms with van der Waals surface area (Å²) < 4.78 is 0. The molecule has 0 aromatic heterocycles. The second kappa shape index (κ2) is 8.05. The SMILES string of the molecule is Cc1ccc(C2=C(Nc3ccc(C)cc3C)C(=O)N(c3cc(Cl)ccc3C)C2=O)cc1. The van der Waals surface area contributed by atoms with Crippen LogP contribution in [0.4, 0.5) is 11.4 Å². The molecule has 3 aromatic rings. The van der Waals surface area contributed by atoms with Crippen LogP contribution >= 0.6 is 11.6 Å². The summed E-state index contributed by atoms with van der Waals surface area (Å²) in [5, 5.41) is 3.71. The summed E-state index contributed by atoms with van der Waals surface area (Å²) in [6.45, 7) is 7.83. The number of amides is 2. The minimum absolute atomic E-state index is 0.264. The molecule has 0 radical (unpaired) electrons. The lowest BCUT2D eigenvalue weighted by molar-refractivity contribution is -0.120. The maximum absolute atomic E-state index is 13.6. The van der Waals surface area contributed by atoms with Gasteiger partial charge in [0.05, 0.1) is 11.3 Å². The molecule has 0 saturated heterocycles. The van der Waals surface area contributed by atoms with E-state index in [4.69, 9.17) is 11.6 Å². The molecule has 0 atom stereocenters. The van der Waals surface area contributed by atoms with Crippen LogP contribution in [-0.2, 0) is 9.59 Å². The molecule has 1 N–H and O–H groups in total. The summed E-state index contributed by atoms with van der Waals surface area (Å²) in [6, 6.07) is 18.7. The van der Waals surface area contributed by atoms with Gasteiger partial charge in [0, 0.05) is 10.7 Å². The van der Waals surface area contributed by atoms with Crippen molar-refractivity contribution in [3.8, 4) is 0 Å². The van der Waals surface area contributed by atoms with E-state index >= 15 is 0 Å². The Hall–Kier alpha value is -3.37. The van der Waals surface area contributed by atoms with Gasteiger partial charge in [0.1, 0.15) is 5.70 Å². The van der Waals surface area contributed by atoms with Crippen molar-refractivity contribution in [2.75, 3.05) is 10.2 Å². The van der Waals surface area contributed by atoms with Gasteiger partial charge in [-0.2, -0.15) is 0 Å². The number of carbonyl (C=O) groups is 2. The van der Waals surface area contributed by atoms with E-state index < -0.39 is 5.91 Å². The lowest BCUT2D eigenvalue weighted by Gasteiger charge is -2.18. The van der Waals surface area contributed by atoms with Crippen molar-refractivity contribution >= 4 is 40.4 Å². The molecule has 4 rings (SSSR count). The van der Waals surface area contributed by atoms with E-state index in [1.54, 1.807) is 18.2 Å². The lowest BCUT2D eigenvalue weighted by atomic mass is 10.0. The van der Waals surface area contributed by atoms with E-state index in [0.717, 1.165) is 27.9 Å². The van der Waals surface area contributed by atoms with Gasteiger partial charge in [-0.3, -0.25) is 9.59 Å². The summed E-state index contributed by atoms with van der Waals surface area (Å²) in [5.41, 5.74) is 6.58. The first-order valence-corrected chi connectivity index (χ1v) is 10.4. The predicted molar refractivity (Wildman–Crippen MR) is 126 cm³/mol. The molecule has 2 amide bonds. The number of rotatable bonds is 4. The monoisotopic (exact) mass is 430 g/mol. The van der Waals surface area contributed by atoms with Gasteiger partial charge in [0.2, 0.25) is 0 Å². The average molecular weight is 431 g/mol. The lowest BCUT2D eigenvalue weighted by Crippen LogP contribution is -2.33. The maximum atomic E-state index is 13.6. The minimum Gasteiger partial charge on any atom is -0.350 e. The Morgan fingerprint density at radius 2 is 1.42 bits per heavy atom. The van der Waals surface area contributed by atoms with Gasteiger partial charge in [0.15, 0.2) is 0 Å². The molecular formula is C26H23ClN2O2. The van der Waals surface area contributed by atoms with E-state index in [-0.39, 0.29) is 11.6 Å². The third kappa shape index (κ3) is 3.87. The smallest absolute Gasteiger partial charge is 0.282 e. The van der Waals surface area contributed by atoms with Crippen LogP contribution in [0.3, 0.4) is 0 Å². The number of hydrogen-bond acceptors (Lipinski definition) is 3. The van der Waals surface area contributed by atoms with Gasteiger partial charge in [-0.25, -0.2) is 4.90 Å². The normalized spacial score (nSPS) is 13.9. The van der Waals surface area contributed by atoms with Crippen LogP contribution in [0.5, 0.6) is 0 Å². The number of hydrogen-bond donors (Lipinski definition) is 1. The van der Waals surface area contributed by atoms with Crippen LogP contribution in [0, 0.1) is 27.7 Å². The third-order valence-corrected chi connectivity index (χ3v) is 5.71. The van der Waals surface area contributed by atoms with Gasteiger partial charge in [0.25, 0.3) is 11.8 Å². The molecule has 5 heteroatoms. The maximum Gasteiger partial charge on any atom is 0.282 e. The molecule has 0 aliphatic carbocycles. The first kappa shape index (κ1) is 20.9. The fraction of sp³-hybridized carbons (Fsp3) is 0.154. The molecule has 4 nitrogen and oxygen atoms in total. The zero-order chi connectivity index (χ0) is 22.3. The Balaban J connectivity index is 1.87. The zero-order valence-corrected chi connectivity index (χ0v) is 18.7. The van der Waals surface area contributed by atoms with Crippen LogP contribution in [0.25, 0.3) is 5.57 Å². The number of imide groups is 1. The highest BCUT2D eigenvalue weighted by molar-refractivity contribution is 6.46. The molecular weight excluding hydrogens is 408 g/mol. The quantitative estimate of drug-likeness (QED) is 0.518. The van der Waals surface area contributed by atoms with Crippen molar-refractivity contribution < 1.29 is 9.59 Å². The van der Waals surface area contributed by atoms with E-state index in [1.165, 1.54) is 4.90 Å². The molecule has 0 unspecified atom stereocenters. The van der Waals surface area contributed by atoms with Crippen LogP contribution in [0.1, 0.15) is 27.8 Å². The van der Waals surface area contributed by atoms with Crippen molar-refractivity contribution in [1.82, 2.24) is 0 Å². The van der Waals surface area contributed by atoms with Gasteiger partial charge >= 0.3 is 0 Å². The fourth-order valence-electron chi connectivity index (χ4n) is 3.76. The minimum atomic E-state index is -0.397. The molecule has 1 aliphatic rings. The molecule has 0 spiro atoms. The third-order valence-electron chi connectivity index (χ3n) is 5.48. The first-order chi connectivity index (χ1) is 14.8. The van der Waals surface area contributed by atoms with Crippen molar-refractivity contribution in [3.63, 3.8) is 0 Å². The molecule has 31 heavy (non-hydrogen) atoms. The molecule has 0 saturated carbocycles. The van der Waals surface area contributed by atoms with E-state index in [2.05, 4.69) is 5.32 Å². The zero-order valence-electron chi connectivity index (χ0n) is 17.9. The standard InChI is InChI=1S/C26H23ClN2O2/c1-15-5-9-19(10-6-15)23-24(28-21-12-7-16(2)13-18(21)4)26(31)29(25(23)30)22-14-20(27)11-8-17(22)3/h5-14,28H,1-4H3. The van der Waals surface area contributed by atoms with Crippen LogP contribution in [-0.4, -0.2) is 11.8 Å². The van der Waals surface area contributed by atoms with Crippen molar-refractivity contribution in [1.29, 1.82) is 0 Å². The number of nitrogens with zero attached hydrogens (tertiary/aromatic N) is 1. The molecule has 156 valence electrons. The fourth-order valence-corrected chi connectivity index (χ4v) is 3.93.